The van der Waals surface area contributed by atoms with Crippen LogP contribution in [0.25, 0.3) is 0 Å². The Bertz CT molecular complexity index is 499. The normalized spacial score (nSPS) is 12.6. The van der Waals surface area contributed by atoms with Crippen molar-refractivity contribution in [3.63, 3.8) is 0 Å². The first-order chi connectivity index (χ1) is 8.22. The maximum absolute atomic E-state index is 11.8. The number of halogens is 3. The second kappa shape index (κ2) is 5.57. The molecule has 2 N–H and O–H groups in total. The minimum Gasteiger partial charge on any atom is -0.507 e. The lowest BCUT2D eigenvalue weighted by Crippen LogP contribution is -2.25. The molecule has 0 bridgehead atoms. The summed E-state index contributed by atoms with van der Waals surface area (Å²) >= 11 is 0. The Hall–Kier alpha value is -1.28. The molecular weight excluding hydrogens is 271 g/mol. The number of alkyl halides is 3. The highest BCUT2D eigenvalue weighted by Gasteiger charge is 2.26. The van der Waals surface area contributed by atoms with Gasteiger partial charge in [0.25, 0.3) is 0 Å². The molecule has 1 aromatic carbocycles. The quantitative estimate of drug-likeness (QED) is 0.812. The zero-order valence-electron chi connectivity index (χ0n) is 9.24. The Kier molecular flexibility index (Phi) is 4.58. The molecule has 102 valence electrons. The molecule has 1 rings (SSSR count). The van der Waals surface area contributed by atoms with Gasteiger partial charge in [-0.1, -0.05) is 12.1 Å². The van der Waals surface area contributed by atoms with Crippen LogP contribution >= 0.6 is 0 Å². The molecule has 8 heteroatoms. The highest BCUT2D eigenvalue weighted by Crippen LogP contribution is 2.22. The van der Waals surface area contributed by atoms with E-state index in [-0.39, 0.29) is 17.9 Å². The summed E-state index contributed by atoms with van der Waals surface area (Å²) in [6.07, 6.45) is -5.72. The summed E-state index contributed by atoms with van der Waals surface area (Å²) in [4.78, 5) is -0.350. The van der Waals surface area contributed by atoms with E-state index in [0.29, 0.717) is 0 Å². The summed E-state index contributed by atoms with van der Waals surface area (Å²) in [5, 5.41) is 9.33. The molecule has 0 aliphatic carbocycles. The fourth-order valence-corrected chi connectivity index (χ4v) is 2.43. The standard InChI is InChI=1S/C10H12F3NO3S/c11-10(12,13)6-3-7-14-18(16,17)9-5-2-1-4-8(9)15/h1-2,4-5,14-15H,3,6-7H2. The van der Waals surface area contributed by atoms with Gasteiger partial charge in [-0.05, 0) is 18.6 Å². The van der Waals surface area contributed by atoms with Gasteiger partial charge in [0.1, 0.15) is 10.6 Å². The largest absolute Gasteiger partial charge is 0.507 e. The van der Waals surface area contributed by atoms with Gasteiger partial charge in [-0.2, -0.15) is 13.2 Å². The monoisotopic (exact) mass is 283 g/mol. The van der Waals surface area contributed by atoms with Crippen molar-refractivity contribution in [2.45, 2.75) is 23.9 Å². The molecule has 0 atom stereocenters. The Morgan fingerprint density at radius 1 is 1.22 bits per heavy atom. The third-order valence-electron chi connectivity index (χ3n) is 2.08. The van der Waals surface area contributed by atoms with Crippen molar-refractivity contribution in [2.75, 3.05) is 6.54 Å². The van der Waals surface area contributed by atoms with Crippen LogP contribution in [0, 0.1) is 0 Å². The molecule has 0 heterocycles. The van der Waals surface area contributed by atoms with Crippen molar-refractivity contribution < 1.29 is 26.7 Å². The van der Waals surface area contributed by atoms with Gasteiger partial charge >= 0.3 is 6.18 Å². The van der Waals surface area contributed by atoms with Gasteiger partial charge in [0.2, 0.25) is 10.0 Å². The van der Waals surface area contributed by atoms with Crippen LogP contribution in [-0.2, 0) is 10.0 Å². The number of para-hydroxylation sites is 1. The molecule has 0 aliphatic rings. The molecule has 0 aliphatic heterocycles. The van der Waals surface area contributed by atoms with Gasteiger partial charge < -0.3 is 5.11 Å². The lowest BCUT2D eigenvalue weighted by Gasteiger charge is -2.09. The lowest BCUT2D eigenvalue weighted by atomic mass is 10.3. The van der Waals surface area contributed by atoms with Crippen molar-refractivity contribution >= 4 is 10.0 Å². The molecule has 0 unspecified atom stereocenters. The van der Waals surface area contributed by atoms with Crippen LogP contribution in [-0.4, -0.2) is 26.2 Å². The van der Waals surface area contributed by atoms with Crippen LogP contribution in [0.2, 0.25) is 0 Å². The third kappa shape index (κ3) is 4.53. The van der Waals surface area contributed by atoms with Crippen molar-refractivity contribution in [3.8, 4) is 5.75 Å². The first-order valence-electron chi connectivity index (χ1n) is 5.07. The van der Waals surface area contributed by atoms with Crippen molar-refractivity contribution in [1.29, 1.82) is 0 Å². The van der Waals surface area contributed by atoms with E-state index < -0.39 is 28.4 Å². The molecule has 1 aromatic rings. The van der Waals surface area contributed by atoms with E-state index in [1.54, 1.807) is 0 Å². The van der Waals surface area contributed by atoms with Crippen LogP contribution in [0.5, 0.6) is 5.75 Å². The van der Waals surface area contributed by atoms with Crippen molar-refractivity contribution in [2.24, 2.45) is 0 Å². The Balaban J connectivity index is 2.59. The highest BCUT2D eigenvalue weighted by molar-refractivity contribution is 7.89. The van der Waals surface area contributed by atoms with E-state index in [1.165, 1.54) is 24.3 Å². The fourth-order valence-electron chi connectivity index (χ4n) is 1.26. The number of rotatable bonds is 5. The van der Waals surface area contributed by atoms with Crippen LogP contribution in [0.4, 0.5) is 13.2 Å². The number of phenolic OH excluding ortho intramolecular Hbond substituents is 1. The molecule has 0 spiro atoms. The van der Waals surface area contributed by atoms with Crippen LogP contribution in [0.1, 0.15) is 12.8 Å². The first-order valence-corrected chi connectivity index (χ1v) is 6.55. The predicted octanol–water partition coefficient (Wildman–Crippen LogP) is 2.01. The zero-order valence-corrected chi connectivity index (χ0v) is 10.1. The summed E-state index contributed by atoms with van der Waals surface area (Å²) in [7, 11) is -3.98. The van der Waals surface area contributed by atoms with Crippen molar-refractivity contribution in [1.82, 2.24) is 4.72 Å². The van der Waals surface area contributed by atoms with E-state index in [0.717, 1.165) is 0 Å². The second-order valence-electron chi connectivity index (χ2n) is 3.58. The van der Waals surface area contributed by atoms with Crippen LogP contribution < -0.4 is 4.72 Å². The molecule has 0 aromatic heterocycles. The number of hydrogen-bond acceptors (Lipinski definition) is 3. The van der Waals surface area contributed by atoms with Crippen LogP contribution in [0.3, 0.4) is 0 Å². The topological polar surface area (TPSA) is 66.4 Å². The molecular formula is C10H12F3NO3S. The first kappa shape index (κ1) is 14.8. The Labute approximate surface area is 102 Å². The minimum absolute atomic E-state index is 0.337. The summed E-state index contributed by atoms with van der Waals surface area (Å²) in [6.45, 7) is -0.337. The molecule has 0 amide bonds. The van der Waals surface area contributed by atoms with Gasteiger partial charge in [-0.3, -0.25) is 0 Å². The Morgan fingerprint density at radius 2 is 1.83 bits per heavy atom. The number of sulfonamides is 1. The number of phenols is 1. The zero-order chi connectivity index (χ0) is 13.8. The fraction of sp³-hybridized carbons (Fsp3) is 0.400. The summed E-state index contributed by atoms with van der Waals surface area (Å²) < 4.78 is 60.8. The smallest absolute Gasteiger partial charge is 0.389 e. The van der Waals surface area contributed by atoms with Gasteiger partial charge in [-0.15, -0.1) is 0 Å². The third-order valence-corrected chi connectivity index (χ3v) is 3.59. The summed E-state index contributed by atoms with van der Waals surface area (Å²) in [5.41, 5.74) is 0. The highest BCUT2D eigenvalue weighted by atomic mass is 32.2. The van der Waals surface area contributed by atoms with E-state index in [4.69, 9.17) is 0 Å². The van der Waals surface area contributed by atoms with Gasteiger partial charge in [0, 0.05) is 13.0 Å². The second-order valence-corrected chi connectivity index (χ2v) is 5.32. The summed E-state index contributed by atoms with van der Waals surface area (Å²) in [6, 6.07) is 5.20. The predicted molar refractivity (Wildman–Crippen MR) is 58.6 cm³/mol. The lowest BCUT2D eigenvalue weighted by molar-refractivity contribution is -0.135. The molecule has 0 saturated carbocycles. The van der Waals surface area contributed by atoms with Gasteiger partial charge in [0.05, 0.1) is 0 Å². The SMILES string of the molecule is O=S(=O)(NCCCC(F)(F)F)c1ccccc1O. The molecule has 0 saturated heterocycles. The van der Waals surface area contributed by atoms with Crippen LogP contribution in [0.15, 0.2) is 29.2 Å². The maximum Gasteiger partial charge on any atom is 0.389 e. The molecule has 0 fully saturated rings. The number of aromatic hydroxyl groups is 1. The molecule has 0 radical (unpaired) electrons. The van der Waals surface area contributed by atoms with Gasteiger partial charge in [-0.25, -0.2) is 13.1 Å². The number of nitrogens with one attached hydrogen (secondary N) is 1. The number of benzene rings is 1. The van der Waals surface area contributed by atoms with E-state index in [9.17, 15) is 26.7 Å². The average Bonchev–Trinajstić information content (AvgIpc) is 2.24. The van der Waals surface area contributed by atoms with E-state index in [1.807, 2.05) is 4.72 Å². The maximum atomic E-state index is 11.8. The molecule has 18 heavy (non-hydrogen) atoms. The molecule has 4 nitrogen and oxygen atoms in total. The average molecular weight is 283 g/mol. The minimum atomic E-state index is -4.31. The number of hydrogen-bond donors (Lipinski definition) is 2. The van der Waals surface area contributed by atoms with Crippen molar-refractivity contribution in [3.05, 3.63) is 24.3 Å². The van der Waals surface area contributed by atoms with Gasteiger partial charge in [0.15, 0.2) is 0 Å². The Morgan fingerprint density at radius 3 is 2.39 bits per heavy atom. The van der Waals surface area contributed by atoms with E-state index >= 15 is 0 Å². The summed E-state index contributed by atoms with van der Waals surface area (Å²) in [5.74, 6) is -0.444. The van der Waals surface area contributed by atoms with E-state index in [2.05, 4.69) is 0 Å².